The molecular formula is C25H30F2O. The number of benzene rings is 2. The van der Waals surface area contributed by atoms with Gasteiger partial charge in [-0.15, -0.1) is 0 Å². The molecule has 0 N–H and O–H groups in total. The summed E-state index contributed by atoms with van der Waals surface area (Å²) in [6.07, 6.45) is 5.88. The van der Waals surface area contributed by atoms with Crippen molar-refractivity contribution in [3.8, 4) is 5.75 Å². The molecule has 3 rings (SSSR count). The third-order valence-corrected chi connectivity index (χ3v) is 5.75. The number of allylic oxidation sites excluding steroid dienone is 1. The highest BCUT2D eigenvalue weighted by atomic mass is 19.2. The molecule has 0 heterocycles. The molecular weight excluding hydrogens is 354 g/mol. The van der Waals surface area contributed by atoms with Crippen LogP contribution in [-0.2, 0) is 6.61 Å². The van der Waals surface area contributed by atoms with Crippen molar-refractivity contribution in [2.24, 2.45) is 11.8 Å². The smallest absolute Gasteiger partial charge is 0.162 e. The summed E-state index contributed by atoms with van der Waals surface area (Å²) < 4.78 is 35.0. The number of aryl methyl sites for hydroxylation is 1. The van der Waals surface area contributed by atoms with E-state index < -0.39 is 11.7 Å². The number of halogens is 2. The van der Waals surface area contributed by atoms with Gasteiger partial charge in [0.1, 0.15) is 18.2 Å². The van der Waals surface area contributed by atoms with Crippen molar-refractivity contribution in [3.63, 3.8) is 0 Å². The van der Waals surface area contributed by atoms with Crippen molar-refractivity contribution in [2.45, 2.75) is 59.0 Å². The number of rotatable bonds is 7. The summed E-state index contributed by atoms with van der Waals surface area (Å²) in [5.74, 6) is -0.238. The summed E-state index contributed by atoms with van der Waals surface area (Å²) in [6, 6.07) is 14.7. The third kappa shape index (κ3) is 5.43. The molecule has 0 amide bonds. The standard InChI is InChI=1S/C25H30F2O/c1-3-4-19-9-11-21(12-10-19)24(26)25(27)22-13-15-23(16-14-22)28-17-20-7-5-18(2)6-8-20/h5-8,13-16,19,21H,3-4,9-12,17H2,1-2H3/b25-24+. The van der Waals surface area contributed by atoms with E-state index in [1.807, 2.05) is 31.2 Å². The molecule has 1 saturated carbocycles. The van der Waals surface area contributed by atoms with E-state index in [1.165, 1.54) is 18.4 Å². The van der Waals surface area contributed by atoms with E-state index in [1.54, 1.807) is 24.3 Å². The van der Waals surface area contributed by atoms with Crippen LogP contribution in [0.3, 0.4) is 0 Å². The lowest BCUT2D eigenvalue weighted by atomic mass is 9.79. The van der Waals surface area contributed by atoms with Gasteiger partial charge >= 0.3 is 0 Å². The molecule has 0 bridgehead atoms. The molecule has 1 fully saturated rings. The van der Waals surface area contributed by atoms with Crippen LogP contribution in [0.4, 0.5) is 8.78 Å². The highest BCUT2D eigenvalue weighted by molar-refractivity contribution is 5.62. The van der Waals surface area contributed by atoms with Crippen molar-refractivity contribution in [3.05, 3.63) is 71.0 Å². The Hall–Kier alpha value is -2.16. The van der Waals surface area contributed by atoms with Gasteiger partial charge < -0.3 is 4.74 Å². The molecule has 2 aromatic rings. The van der Waals surface area contributed by atoms with Crippen molar-refractivity contribution >= 4 is 5.83 Å². The van der Waals surface area contributed by atoms with Crippen molar-refractivity contribution in [1.82, 2.24) is 0 Å². The van der Waals surface area contributed by atoms with Gasteiger partial charge in [0.05, 0.1) is 0 Å². The van der Waals surface area contributed by atoms with E-state index in [0.29, 0.717) is 18.3 Å². The van der Waals surface area contributed by atoms with Crippen LogP contribution < -0.4 is 4.74 Å². The first-order valence-electron chi connectivity index (χ1n) is 10.4. The highest BCUT2D eigenvalue weighted by Gasteiger charge is 2.26. The molecule has 28 heavy (non-hydrogen) atoms. The summed E-state index contributed by atoms with van der Waals surface area (Å²) in [5, 5.41) is 0. The summed E-state index contributed by atoms with van der Waals surface area (Å²) in [5.41, 5.74) is 2.57. The average Bonchev–Trinajstić information content (AvgIpc) is 2.73. The quantitative estimate of drug-likeness (QED) is 0.473. The fourth-order valence-corrected chi connectivity index (χ4v) is 3.98. The maximum atomic E-state index is 14.7. The molecule has 1 aliphatic rings. The van der Waals surface area contributed by atoms with Gasteiger partial charge in [-0.3, -0.25) is 0 Å². The van der Waals surface area contributed by atoms with Crippen LogP contribution >= 0.6 is 0 Å². The van der Waals surface area contributed by atoms with Crippen molar-refractivity contribution < 1.29 is 13.5 Å². The van der Waals surface area contributed by atoms with Crippen LogP contribution in [0.25, 0.3) is 5.83 Å². The predicted octanol–water partition coefficient (Wildman–Crippen LogP) is 7.79. The van der Waals surface area contributed by atoms with Crippen LogP contribution in [0.15, 0.2) is 54.4 Å². The molecule has 150 valence electrons. The van der Waals surface area contributed by atoms with Gasteiger partial charge in [-0.25, -0.2) is 8.78 Å². The van der Waals surface area contributed by atoms with Gasteiger partial charge in [0.25, 0.3) is 0 Å². The Balaban J connectivity index is 1.58. The summed E-state index contributed by atoms with van der Waals surface area (Å²) in [7, 11) is 0. The zero-order valence-corrected chi connectivity index (χ0v) is 16.9. The van der Waals surface area contributed by atoms with Crippen LogP contribution in [0, 0.1) is 18.8 Å². The Morgan fingerprint density at radius 2 is 1.57 bits per heavy atom. The van der Waals surface area contributed by atoms with Crippen molar-refractivity contribution in [2.75, 3.05) is 0 Å². The van der Waals surface area contributed by atoms with E-state index in [2.05, 4.69) is 6.92 Å². The first-order chi connectivity index (χ1) is 13.6. The molecule has 3 heteroatoms. The van der Waals surface area contributed by atoms with Gasteiger partial charge in [-0.2, -0.15) is 0 Å². The molecule has 1 aliphatic carbocycles. The summed E-state index contributed by atoms with van der Waals surface area (Å²) in [4.78, 5) is 0. The minimum absolute atomic E-state index is 0.273. The van der Waals surface area contributed by atoms with E-state index >= 15 is 0 Å². The zero-order chi connectivity index (χ0) is 19.9. The van der Waals surface area contributed by atoms with Gasteiger partial charge in [0.15, 0.2) is 5.83 Å². The average molecular weight is 385 g/mol. The molecule has 0 aromatic heterocycles. The first kappa shape index (κ1) is 20.6. The molecule has 0 unspecified atom stereocenters. The minimum atomic E-state index is -0.718. The van der Waals surface area contributed by atoms with E-state index in [4.69, 9.17) is 4.74 Å². The molecule has 0 radical (unpaired) electrons. The Morgan fingerprint density at radius 3 is 2.18 bits per heavy atom. The normalized spacial score (nSPS) is 20.6. The third-order valence-electron chi connectivity index (χ3n) is 5.75. The highest BCUT2D eigenvalue weighted by Crippen LogP contribution is 2.39. The second kappa shape index (κ2) is 9.86. The largest absolute Gasteiger partial charge is 0.489 e. The maximum absolute atomic E-state index is 14.7. The van der Waals surface area contributed by atoms with E-state index in [-0.39, 0.29) is 11.5 Å². The summed E-state index contributed by atoms with van der Waals surface area (Å²) in [6.45, 7) is 4.68. The number of hydrogen-bond acceptors (Lipinski definition) is 1. The first-order valence-corrected chi connectivity index (χ1v) is 10.4. The molecule has 0 saturated heterocycles. The van der Waals surface area contributed by atoms with Gasteiger partial charge in [0, 0.05) is 11.5 Å². The fraction of sp³-hybridized carbons (Fsp3) is 0.440. The monoisotopic (exact) mass is 384 g/mol. The lowest BCUT2D eigenvalue weighted by Gasteiger charge is -2.27. The van der Waals surface area contributed by atoms with Crippen LogP contribution in [0.2, 0.25) is 0 Å². The zero-order valence-electron chi connectivity index (χ0n) is 16.9. The molecule has 0 aliphatic heterocycles. The van der Waals surface area contributed by atoms with Crippen LogP contribution in [0.5, 0.6) is 5.75 Å². The van der Waals surface area contributed by atoms with Gasteiger partial charge in [-0.1, -0.05) is 49.6 Å². The van der Waals surface area contributed by atoms with Gasteiger partial charge in [0.2, 0.25) is 0 Å². The SMILES string of the molecule is CCCC1CCC(/C(F)=C(\F)c2ccc(OCc3ccc(C)cc3)cc2)CC1. The molecule has 2 aromatic carbocycles. The van der Waals surface area contributed by atoms with Gasteiger partial charge in [-0.05, 0) is 68.4 Å². The molecule has 0 spiro atoms. The Bertz CT molecular complexity index is 769. The Labute approximate surface area is 167 Å². The van der Waals surface area contributed by atoms with Crippen LogP contribution in [0.1, 0.15) is 62.1 Å². The lowest BCUT2D eigenvalue weighted by Crippen LogP contribution is -2.15. The fourth-order valence-electron chi connectivity index (χ4n) is 3.98. The van der Waals surface area contributed by atoms with Crippen LogP contribution in [-0.4, -0.2) is 0 Å². The Morgan fingerprint density at radius 1 is 0.929 bits per heavy atom. The molecule has 0 atom stereocenters. The number of hydrogen-bond donors (Lipinski definition) is 0. The molecule has 1 nitrogen and oxygen atoms in total. The Kier molecular flexibility index (Phi) is 7.24. The second-order valence-electron chi connectivity index (χ2n) is 7.97. The predicted molar refractivity (Wildman–Crippen MR) is 111 cm³/mol. The van der Waals surface area contributed by atoms with E-state index in [0.717, 1.165) is 31.2 Å². The summed E-state index contributed by atoms with van der Waals surface area (Å²) >= 11 is 0. The van der Waals surface area contributed by atoms with E-state index in [9.17, 15) is 8.78 Å². The van der Waals surface area contributed by atoms with Crippen molar-refractivity contribution in [1.29, 1.82) is 0 Å². The second-order valence-corrected chi connectivity index (χ2v) is 7.97. The number of ether oxygens (including phenoxy) is 1. The lowest BCUT2D eigenvalue weighted by molar-refractivity contribution is 0.261. The minimum Gasteiger partial charge on any atom is -0.489 e. The topological polar surface area (TPSA) is 9.23 Å². The maximum Gasteiger partial charge on any atom is 0.162 e.